The maximum atomic E-state index is 13.2. The second kappa shape index (κ2) is 8.37. The maximum absolute atomic E-state index is 13.2. The van der Waals surface area contributed by atoms with Crippen molar-refractivity contribution < 1.29 is 13.2 Å². The Hall–Kier alpha value is -3.95. The molecule has 3 aliphatic heterocycles. The molecule has 0 aliphatic carbocycles. The van der Waals surface area contributed by atoms with Crippen LogP contribution in [0, 0.1) is 6.92 Å². The lowest BCUT2D eigenvalue weighted by atomic mass is 10.0. The summed E-state index contributed by atoms with van der Waals surface area (Å²) in [6, 6.07) is 9.83. The predicted molar refractivity (Wildman–Crippen MR) is 126 cm³/mol. The molecule has 7 nitrogen and oxygen atoms in total. The van der Waals surface area contributed by atoms with Crippen LogP contribution in [0.3, 0.4) is 0 Å². The van der Waals surface area contributed by atoms with Crippen LogP contribution in [-0.2, 0) is 19.8 Å². The van der Waals surface area contributed by atoms with E-state index in [9.17, 15) is 18.0 Å². The molecule has 0 bridgehead atoms. The summed E-state index contributed by atoms with van der Waals surface area (Å²) in [6.45, 7) is 4.91. The van der Waals surface area contributed by atoms with Crippen molar-refractivity contribution in [3.8, 4) is 22.5 Å². The van der Waals surface area contributed by atoms with E-state index in [1.54, 1.807) is 39.2 Å². The molecule has 3 aliphatic rings. The first-order chi connectivity index (χ1) is 16.6. The van der Waals surface area contributed by atoms with Gasteiger partial charge in [-0.05, 0) is 43.7 Å². The first-order valence-corrected chi connectivity index (χ1v) is 11.2. The van der Waals surface area contributed by atoms with Gasteiger partial charge in [-0.2, -0.15) is 13.2 Å². The third-order valence-electron chi connectivity index (χ3n) is 6.12. The van der Waals surface area contributed by atoms with Crippen molar-refractivity contribution in [2.24, 2.45) is 12.0 Å². The minimum Gasteiger partial charge on any atom is -0.369 e. The highest BCUT2D eigenvalue weighted by atomic mass is 19.4. The van der Waals surface area contributed by atoms with Gasteiger partial charge in [0.05, 0.1) is 17.2 Å². The Morgan fingerprint density at radius 3 is 2.66 bits per heavy atom. The largest absolute Gasteiger partial charge is 0.416 e. The molecule has 10 heteroatoms. The highest BCUT2D eigenvalue weighted by Gasteiger charge is 2.31. The zero-order chi connectivity index (χ0) is 24.9. The summed E-state index contributed by atoms with van der Waals surface area (Å²) in [7, 11) is 1.69. The van der Waals surface area contributed by atoms with E-state index in [1.165, 1.54) is 16.7 Å². The van der Waals surface area contributed by atoms with E-state index < -0.39 is 17.8 Å². The van der Waals surface area contributed by atoms with Crippen molar-refractivity contribution in [2.45, 2.75) is 32.6 Å². The van der Waals surface area contributed by atoms with Gasteiger partial charge in [-0.3, -0.25) is 9.79 Å². The van der Waals surface area contributed by atoms with E-state index in [0.29, 0.717) is 41.4 Å². The number of halogens is 3. The number of rotatable bonds is 3. The fourth-order valence-corrected chi connectivity index (χ4v) is 4.35. The second-order valence-corrected chi connectivity index (χ2v) is 8.61. The number of alkyl halides is 3. The van der Waals surface area contributed by atoms with Crippen LogP contribution in [0.4, 0.5) is 19.0 Å². The molecule has 1 unspecified atom stereocenters. The number of anilines is 1. The number of aromatic nitrogens is 4. The van der Waals surface area contributed by atoms with E-state index in [1.807, 2.05) is 6.07 Å². The van der Waals surface area contributed by atoms with Gasteiger partial charge < -0.3 is 14.5 Å². The third kappa shape index (κ3) is 4.20. The summed E-state index contributed by atoms with van der Waals surface area (Å²) in [6.07, 6.45) is -2.66. The van der Waals surface area contributed by atoms with Crippen LogP contribution in [0.2, 0.25) is 0 Å². The molecule has 0 saturated heterocycles. The van der Waals surface area contributed by atoms with Crippen LogP contribution in [0.1, 0.15) is 29.9 Å². The van der Waals surface area contributed by atoms with Gasteiger partial charge in [0, 0.05) is 43.5 Å². The van der Waals surface area contributed by atoms with Crippen LogP contribution >= 0.6 is 0 Å². The fourth-order valence-electron chi connectivity index (χ4n) is 4.35. The van der Waals surface area contributed by atoms with Crippen LogP contribution in [0.25, 0.3) is 22.5 Å². The standard InChI is InChI=1S/C25H23F3N6O/c1-14(16-5-4-6-18(11-16)25(26,27)28)30-22-20-12-19(17-7-8-21(35)33(3)13-17)23-29-9-10-34(23)24(20)32-15(2)31-22/h4-8,11-14,29H,9-10H2,1-3H3. The van der Waals surface area contributed by atoms with Gasteiger partial charge in [0.15, 0.2) is 5.49 Å². The van der Waals surface area contributed by atoms with Crippen LogP contribution in [-0.4, -0.2) is 25.6 Å². The Kier molecular flexibility index (Phi) is 5.46. The molecule has 1 aromatic carbocycles. The van der Waals surface area contributed by atoms with Crippen LogP contribution in [0.5, 0.6) is 0 Å². The second-order valence-electron chi connectivity index (χ2n) is 8.61. The molecule has 5 rings (SSSR count). The summed E-state index contributed by atoms with van der Waals surface area (Å²) in [5.74, 6) is 2.09. The molecule has 0 amide bonds. The first-order valence-electron chi connectivity index (χ1n) is 11.2. The number of hydrogen-bond donors (Lipinski definition) is 1. The number of hydrogen-bond acceptors (Lipinski definition) is 5. The molecule has 1 atom stereocenters. The number of fused-ring (bicyclic) bond motifs is 3. The average Bonchev–Trinajstić information content (AvgIpc) is 3.30. The van der Waals surface area contributed by atoms with E-state index in [4.69, 9.17) is 4.99 Å². The van der Waals surface area contributed by atoms with Crippen LogP contribution in [0.15, 0.2) is 58.4 Å². The van der Waals surface area contributed by atoms with Crippen molar-refractivity contribution in [2.75, 3.05) is 11.9 Å². The Balaban J connectivity index is 1.71. The molecule has 4 heterocycles. The van der Waals surface area contributed by atoms with Gasteiger partial charge in [0.25, 0.3) is 0 Å². The van der Waals surface area contributed by atoms with Crippen molar-refractivity contribution in [1.29, 1.82) is 0 Å². The number of nitrogens with one attached hydrogen (secondary N) is 1. The minimum atomic E-state index is -4.43. The van der Waals surface area contributed by atoms with Gasteiger partial charge in [0.2, 0.25) is 5.56 Å². The van der Waals surface area contributed by atoms with Gasteiger partial charge in [-0.1, -0.05) is 12.1 Å². The average molecular weight is 480 g/mol. The topological polar surface area (TPSA) is 77.1 Å². The van der Waals surface area contributed by atoms with Gasteiger partial charge in [0.1, 0.15) is 17.5 Å². The molecule has 0 spiro atoms. The highest BCUT2D eigenvalue weighted by Crippen LogP contribution is 2.36. The quantitative estimate of drug-likeness (QED) is 0.478. The molecule has 0 fully saturated rings. The summed E-state index contributed by atoms with van der Waals surface area (Å²) < 4.78 is 43.2. The molecule has 0 radical (unpaired) electrons. The molecule has 1 aromatic heterocycles. The Labute approximate surface area is 199 Å². The van der Waals surface area contributed by atoms with Crippen LogP contribution < -0.4 is 16.4 Å². The molecular formula is C25H23F3N6O. The highest BCUT2D eigenvalue weighted by molar-refractivity contribution is 5.81. The van der Waals surface area contributed by atoms with Gasteiger partial charge in [-0.25, -0.2) is 9.97 Å². The number of pyridine rings is 2. The summed E-state index contributed by atoms with van der Waals surface area (Å²) in [5, 5.41) is 3.40. The molecule has 180 valence electrons. The fraction of sp³-hybridized carbons (Fsp3) is 0.280. The summed E-state index contributed by atoms with van der Waals surface area (Å²) >= 11 is 0. The lowest BCUT2D eigenvalue weighted by molar-refractivity contribution is -0.137. The van der Waals surface area contributed by atoms with E-state index in [0.717, 1.165) is 29.1 Å². The molecule has 1 N–H and O–H groups in total. The van der Waals surface area contributed by atoms with Crippen molar-refractivity contribution >= 4 is 5.82 Å². The maximum Gasteiger partial charge on any atom is 0.416 e. The van der Waals surface area contributed by atoms with E-state index in [-0.39, 0.29) is 5.56 Å². The molecule has 35 heavy (non-hydrogen) atoms. The predicted octanol–water partition coefficient (Wildman–Crippen LogP) is 4.16. The lowest BCUT2D eigenvalue weighted by Gasteiger charge is -2.18. The number of benzene rings is 1. The number of nitrogens with zero attached hydrogens (tertiary/aromatic N) is 5. The zero-order valence-electron chi connectivity index (χ0n) is 19.4. The van der Waals surface area contributed by atoms with Crippen molar-refractivity contribution in [3.63, 3.8) is 0 Å². The summed E-state index contributed by atoms with van der Waals surface area (Å²) in [5.41, 5.74) is 2.41. The third-order valence-corrected chi connectivity index (χ3v) is 6.12. The molecular weight excluding hydrogens is 457 g/mol. The van der Waals surface area contributed by atoms with Crippen molar-refractivity contribution in [1.82, 2.24) is 19.1 Å². The summed E-state index contributed by atoms with van der Waals surface area (Å²) in [4.78, 5) is 25.8. The van der Waals surface area contributed by atoms with E-state index >= 15 is 0 Å². The lowest BCUT2D eigenvalue weighted by Crippen LogP contribution is -2.21. The Morgan fingerprint density at radius 2 is 1.91 bits per heavy atom. The van der Waals surface area contributed by atoms with Crippen molar-refractivity contribution in [3.05, 3.63) is 81.5 Å². The smallest absolute Gasteiger partial charge is 0.369 e. The molecule has 0 saturated carbocycles. The minimum absolute atomic E-state index is 0.114. The SMILES string of the molecule is Cc1nc2n3c(c(-c4ccc(=O)n(C)c4)cc-2c(=NC(C)c2cccc(C(F)(F)F)c2)n1)NCC3. The van der Waals surface area contributed by atoms with E-state index in [2.05, 4.69) is 19.9 Å². The van der Waals surface area contributed by atoms with Gasteiger partial charge >= 0.3 is 6.18 Å². The first kappa shape index (κ1) is 22.8. The zero-order valence-corrected chi connectivity index (χ0v) is 19.4. The normalized spacial score (nSPS) is 14.7. The Bertz CT molecular complexity index is 1540. The number of aryl methyl sites for hydroxylation is 2. The molecule has 2 aromatic rings. The monoisotopic (exact) mass is 480 g/mol. The Morgan fingerprint density at radius 1 is 1.11 bits per heavy atom. The van der Waals surface area contributed by atoms with Gasteiger partial charge in [-0.15, -0.1) is 0 Å².